The number of piperidine rings is 1. The first-order valence-corrected chi connectivity index (χ1v) is 9.67. The van der Waals surface area contributed by atoms with Crippen LogP contribution in [0.2, 0.25) is 0 Å². The Morgan fingerprint density at radius 1 is 1.25 bits per heavy atom. The molecule has 3 aromatic rings. The maximum atomic E-state index is 9.79. The summed E-state index contributed by atoms with van der Waals surface area (Å²) in [5, 5.41) is 13.8. The summed E-state index contributed by atoms with van der Waals surface area (Å²) in [6.07, 6.45) is 7.49. The molecule has 1 unspecified atom stereocenters. The van der Waals surface area contributed by atoms with Gasteiger partial charge in [0.1, 0.15) is 5.76 Å². The highest BCUT2D eigenvalue weighted by Crippen LogP contribution is 2.32. The molecule has 1 aliphatic heterocycles. The van der Waals surface area contributed by atoms with E-state index in [0.29, 0.717) is 5.92 Å². The van der Waals surface area contributed by atoms with Crippen molar-refractivity contribution in [3.63, 3.8) is 0 Å². The summed E-state index contributed by atoms with van der Waals surface area (Å²) in [6, 6.07) is 4.02. The number of aliphatic hydroxyl groups excluding tert-OH is 1. The van der Waals surface area contributed by atoms with Crippen molar-refractivity contribution in [2.45, 2.75) is 45.8 Å². The number of aromatic nitrogens is 4. The van der Waals surface area contributed by atoms with Crippen molar-refractivity contribution in [2.75, 3.05) is 13.1 Å². The zero-order valence-corrected chi connectivity index (χ0v) is 16.3. The predicted octanol–water partition coefficient (Wildman–Crippen LogP) is 3.02. The standard InChI is InChI=1S/C21H25N5O2/c1-14-20(15(2)28-25-14)21-17(13-27)5-6-19(24-21)16-4-3-9-26(11-16)12-18-10-22-7-8-23-18/h5-8,10,16,27H,3-4,9,11-13H2,1-2H3. The Bertz CT molecular complexity index is 922. The lowest BCUT2D eigenvalue weighted by Crippen LogP contribution is -2.34. The molecule has 28 heavy (non-hydrogen) atoms. The number of nitrogens with zero attached hydrogens (tertiary/aromatic N) is 5. The molecule has 1 N–H and O–H groups in total. The Labute approximate surface area is 164 Å². The van der Waals surface area contributed by atoms with Crippen LogP contribution in [0.15, 0.2) is 35.2 Å². The molecular formula is C21H25N5O2. The van der Waals surface area contributed by atoms with E-state index < -0.39 is 0 Å². The second-order valence-electron chi connectivity index (χ2n) is 7.37. The van der Waals surface area contributed by atoms with Gasteiger partial charge in [-0.25, -0.2) is 0 Å². The highest BCUT2D eigenvalue weighted by molar-refractivity contribution is 5.67. The van der Waals surface area contributed by atoms with Crippen molar-refractivity contribution in [2.24, 2.45) is 0 Å². The third-order valence-corrected chi connectivity index (χ3v) is 5.37. The van der Waals surface area contributed by atoms with Crippen molar-refractivity contribution in [1.29, 1.82) is 0 Å². The number of pyridine rings is 1. The third kappa shape index (κ3) is 3.81. The van der Waals surface area contributed by atoms with Crippen LogP contribution in [-0.2, 0) is 13.2 Å². The summed E-state index contributed by atoms with van der Waals surface area (Å²) >= 11 is 0. The van der Waals surface area contributed by atoms with Gasteiger partial charge in [0, 0.05) is 48.9 Å². The first-order chi connectivity index (χ1) is 13.7. The van der Waals surface area contributed by atoms with E-state index in [1.54, 1.807) is 12.4 Å². The smallest absolute Gasteiger partial charge is 0.143 e. The maximum absolute atomic E-state index is 9.79. The number of aliphatic hydroxyl groups is 1. The lowest BCUT2D eigenvalue weighted by molar-refractivity contribution is 0.196. The molecule has 1 fully saturated rings. The van der Waals surface area contributed by atoms with E-state index in [1.807, 2.05) is 32.2 Å². The Hall–Kier alpha value is -2.64. The third-order valence-electron chi connectivity index (χ3n) is 5.37. The molecule has 0 bridgehead atoms. The number of likely N-dealkylation sites (tertiary alicyclic amines) is 1. The monoisotopic (exact) mass is 379 g/mol. The van der Waals surface area contributed by atoms with Crippen molar-refractivity contribution in [3.8, 4) is 11.3 Å². The molecule has 0 aliphatic carbocycles. The number of hydrogen-bond donors (Lipinski definition) is 1. The van der Waals surface area contributed by atoms with Gasteiger partial charge < -0.3 is 9.63 Å². The molecule has 4 rings (SSSR count). The fourth-order valence-corrected chi connectivity index (χ4v) is 3.98. The van der Waals surface area contributed by atoms with Gasteiger partial charge in [-0.15, -0.1) is 0 Å². The van der Waals surface area contributed by atoms with Gasteiger partial charge in [0.05, 0.1) is 29.3 Å². The van der Waals surface area contributed by atoms with Crippen LogP contribution in [0.4, 0.5) is 0 Å². The zero-order chi connectivity index (χ0) is 19.5. The van der Waals surface area contributed by atoms with Crippen LogP contribution in [-0.4, -0.2) is 43.2 Å². The van der Waals surface area contributed by atoms with Crippen LogP contribution in [0.5, 0.6) is 0 Å². The molecule has 7 nitrogen and oxygen atoms in total. The quantitative estimate of drug-likeness (QED) is 0.729. The van der Waals surface area contributed by atoms with Gasteiger partial charge in [-0.05, 0) is 39.3 Å². The summed E-state index contributed by atoms with van der Waals surface area (Å²) < 4.78 is 5.33. The Morgan fingerprint density at radius 2 is 2.14 bits per heavy atom. The number of rotatable bonds is 5. The number of aryl methyl sites for hydroxylation is 2. The summed E-state index contributed by atoms with van der Waals surface area (Å²) in [4.78, 5) is 15.9. The highest BCUT2D eigenvalue weighted by atomic mass is 16.5. The molecule has 0 spiro atoms. The minimum atomic E-state index is -0.0594. The fourth-order valence-electron chi connectivity index (χ4n) is 3.98. The van der Waals surface area contributed by atoms with E-state index in [2.05, 4.69) is 20.0 Å². The maximum Gasteiger partial charge on any atom is 0.143 e. The van der Waals surface area contributed by atoms with Gasteiger partial charge in [0.2, 0.25) is 0 Å². The van der Waals surface area contributed by atoms with Gasteiger partial charge in [0.15, 0.2) is 0 Å². The fraction of sp³-hybridized carbons (Fsp3) is 0.429. The predicted molar refractivity (Wildman–Crippen MR) is 104 cm³/mol. The minimum absolute atomic E-state index is 0.0594. The molecule has 1 aliphatic rings. The van der Waals surface area contributed by atoms with Gasteiger partial charge in [0.25, 0.3) is 0 Å². The molecule has 0 radical (unpaired) electrons. The average molecular weight is 379 g/mol. The molecule has 1 saturated heterocycles. The molecular weight excluding hydrogens is 354 g/mol. The average Bonchev–Trinajstić information content (AvgIpc) is 3.06. The SMILES string of the molecule is Cc1noc(C)c1-c1nc(C2CCCN(Cc3cnccn3)C2)ccc1CO. The van der Waals surface area contributed by atoms with Gasteiger partial charge >= 0.3 is 0 Å². The lowest BCUT2D eigenvalue weighted by Gasteiger charge is -2.32. The van der Waals surface area contributed by atoms with Crippen molar-refractivity contribution in [1.82, 2.24) is 25.0 Å². The second kappa shape index (κ2) is 8.16. The van der Waals surface area contributed by atoms with Crippen LogP contribution >= 0.6 is 0 Å². The summed E-state index contributed by atoms with van der Waals surface area (Å²) in [7, 11) is 0. The normalized spacial score (nSPS) is 17.8. The Kier molecular flexibility index (Phi) is 5.45. The molecule has 0 saturated carbocycles. The molecule has 3 aromatic heterocycles. The van der Waals surface area contributed by atoms with Crippen molar-refractivity contribution < 1.29 is 9.63 Å². The van der Waals surface area contributed by atoms with Gasteiger partial charge in [-0.2, -0.15) is 0 Å². The Balaban J connectivity index is 1.59. The van der Waals surface area contributed by atoms with Crippen LogP contribution in [0.1, 0.15) is 47.2 Å². The molecule has 146 valence electrons. The zero-order valence-electron chi connectivity index (χ0n) is 16.3. The van der Waals surface area contributed by atoms with E-state index in [1.165, 1.54) is 0 Å². The topological polar surface area (TPSA) is 88.2 Å². The van der Waals surface area contributed by atoms with Crippen LogP contribution in [0, 0.1) is 13.8 Å². The van der Waals surface area contributed by atoms with Crippen molar-refractivity contribution in [3.05, 3.63) is 59.1 Å². The van der Waals surface area contributed by atoms with Gasteiger partial charge in [-0.3, -0.25) is 19.9 Å². The lowest BCUT2D eigenvalue weighted by atomic mass is 9.93. The molecule has 4 heterocycles. The van der Waals surface area contributed by atoms with Gasteiger partial charge in [-0.1, -0.05) is 11.2 Å². The second-order valence-corrected chi connectivity index (χ2v) is 7.37. The molecule has 0 aromatic carbocycles. The van der Waals surface area contributed by atoms with Crippen molar-refractivity contribution >= 4 is 0 Å². The van der Waals surface area contributed by atoms with Crippen LogP contribution in [0.3, 0.4) is 0 Å². The molecule has 0 amide bonds. The largest absolute Gasteiger partial charge is 0.392 e. The van der Waals surface area contributed by atoms with E-state index >= 15 is 0 Å². The number of hydrogen-bond acceptors (Lipinski definition) is 7. The van der Waals surface area contributed by atoms with E-state index in [-0.39, 0.29) is 6.61 Å². The highest BCUT2D eigenvalue weighted by Gasteiger charge is 2.25. The van der Waals surface area contributed by atoms with Crippen LogP contribution < -0.4 is 0 Å². The first kappa shape index (κ1) is 18.7. The molecule has 1 atom stereocenters. The summed E-state index contributed by atoms with van der Waals surface area (Å²) in [5.41, 5.74) is 5.30. The summed E-state index contributed by atoms with van der Waals surface area (Å²) in [5.74, 6) is 1.07. The van der Waals surface area contributed by atoms with E-state index in [0.717, 1.165) is 72.1 Å². The van der Waals surface area contributed by atoms with Crippen LogP contribution in [0.25, 0.3) is 11.3 Å². The Morgan fingerprint density at radius 3 is 2.86 bits per heavy atom. The van der Waals surface area contributed by atoms with E-state index in [9.17, 15) is 5.11 Å². The first-order valence-electron chi connectivity index (χ1n) is 9.67. The molecule has 7 heteroatoms. The minimum Gasteiger partial charge on any atom is -0.392 e. The summed E-state index contributed by atoms with van der Waals surface area (Å²) in [6.45, 7) is 6.52. The van der Waals surface area contributed by atoms with E-state index in [4.69, 9.17) is 9.51 Å².